The Kier molecular flexibility index (Phi) is 4.14. The first-order valence-corrected chi connectivity index (χ1v) is 8.69. The molecule has 0 aliphatic heterocycles. The Morgan fingerprint density at radius 1 is 0.957 bits per heavy atom. The van der Waals surface area contributed by atoms with Crippen LogP contribution in [0.2, 0.25) is 0 Å². The van der Waals surface area contributed by atoms with Crippen molar-refractivity contribution in [2.24, 2.45) is 11.8 Å². The predicted molar refractivity (Wildman–Crippen MR) is 90.6 cm³/mol. The molecule has 4 nitrogen and oxygen atoms in total. The molecule has 0 saturated heterocycles. The van der Waals surface area contributed by atoms with Crippen LogP contribution in [-0.2, 0) is 0 Å². The molecule has 1 aromatic heterocycles. The average Bonchev–Trinajstić information content (AvgIpc) is 3.06. The molecular weight excluding hydrogens is 286 g/mol. The number of hydrogen-bond acceptors (Lipinski definition) is 4. The molecule has 4 rings (SSSR count). The minimum absolute atomic E-state index is 0.521. The molecule has 0 atom stereocenters. The van der Waals surface area contributed by atoms with Crippen molar-refractivity contribution in [3.05, 3.63) is 42.6 Å². The molecule has 2 saturated carbocycles. The van der Waals surface area contributed by atoms with Crippen LogP contribution in [0, 0.1) is 11.8 Å². The lowest BCUT2D eigenvalue weighted by atomic mass is 9.72. The van der Waals surface area contributed by atoms with E-state index in [-0.39, 0.29) is 0 Å². The molecule has 1 heterocycles. The van der Waals surface area contributed by atoms with Gasteiger partial charge in [0.05, 0.1) is 0 Å². The lowest BCUT2D eigenvalue weighted by molar-refractivity contribution is 0.189. The Balaban J connectivity index is 1.32. The first-order valence-electron chi connectivity index (χ1n) is 8.69. The molecule has 0 amide bonds. The number of anilines is 1. The lowest BCUT2D eigenvalue weighted by Crippen LogP contribution is -2.39. The summed E-state index contributed by atoms with van der Waals surface area (Å²) in [4.78, 5) is 8.79. The maximum absolute atomic E-state index is 5.76. The molecule has 1 N–H and O–H groups in total. The van der Waals surface area contributed by atoms with E-state index in [4.69, 9.17) is 4.74 Å². The zero-order valence-corrected chi connectivity index (χ0v) is 13.3. The Morgan fingerprint density at radius 3 is 2.52 bits per heavy atom. The molecular formula is C19H23N3O. The van der Waals surface area contributed by atoms with E-state index in [1.807, 2.05) is 30.3 Å². The van der Waals surface area contributed by atoms with Crippen LogP contribution >= 0.6 is 0 Å². The normalized spacial score (nSPS) is 24.2. The standard InChI is InChI=1S/C19H23N3O/c1-2-8-17(9-3-1)23-18-10-11-20-19(22-18)21-16-12-15(13-16)14-6-4-5-7-14/h1-3,8-11,14-16H,4-7,12-13H2,(H,20,21,22). The van der Waals surface area contributed by atoms with Crippen molar-refractivity contribution in [2.45, 2.75) is 44.6 Å². The van der Waals surface area contributed by atoms with Gasteiger partial charge in [0, 0.05) is 18.3 Å². The topological polar surface area (TPSA) is 47.0 Å². The first kappa shape index (κ1) is 14.5. The van der Waals surface area contributed by atoms with Crippen molar-refractivity contribution < 1.29 is 4.74 Å². The maximum atomic E-state index is 5.76. The van der Waals surface area contributed by atoms with Crippen molar-refractivity contribution in [3.63, 3.8) is 0 Å². The van der Waals surface area contributed by atoms with Gasteiger partial charge in [0.15, 0.2) is 0 Å². The summed E-state index contributed by atoms with van der Waals surface area (Å²) in [5, 5.41) is 3.46. The molecule has 0 radical (unpaired) electrons. The van der Waals surface area contributed by atoms with E-state index in [2.05, 4.69) is 15.3 Å². The number of para-hydroxylation sites is 1. The van der Waals surface area contributed by atoms with E-state index in [1.54, 1.807) is 12.3 Å². The number of hydrogen-bond donors (Lipinski definition) is 1. The second kappa shape index (κ2) is 6.57. The molecule has 0 spiro atoms. The van der Waals surface area contributed by atoms with Gasteiger partial charge in [0.25, 0.3) is 0 Å². The zero-order chi connectivity index (χ0) is 15.5. The average molecular weight is 309 g/mol. The van der Waals surface area contributed by atoms with Gasteiger partial charge in [-0.1, -0.05) is 43.9 Å². The van der Waals surface area contributed by atoms with Gasteiger partial charge >= 0.3 is 0 Å². The van der Waals surface area contributed by atoms with Crippen LogP contribution in [0.1, 0.15) is 38.5 Å². The second-order valence-corrected chi connectivity index (χ2v) is 6.75. The summed E-state index contributed by atoms with van der Waals surface area (Å²) in [5.41, 5.74) is 0. The highest BCUT2D eigenvalue weighted by molar-refractivity contribution is 5.32. The van der Waals surface area contributed by atoms with Crippen LogP contribution < -0.4 is 10.1 Å². The number of rotatable bonds is 5. The third-order valence-electron chi connectivity index (χ3n) is 5.17. The highest BCUT2D eigenvalue weighted by Crippen LogP contribution is 2.42. The summed E-state index contributed by atoms with van der Waals surface area (Å²) in [6.07, 6.45) is 10.0. The smallest absolute Gasteiger partial charge is 0.226 e. The van der Waals surface area contributed by atoms with Gasteiger partial charge in [-0.2, -0.15) is 4.98 Å². The van der Waals surface area contributed by atoms with E-state index in [9.17, 15) is 0 Å². The number of aromatic nitrogens is 2. The summed E-state index contributed by atoms with van der Waals surface area (Å²) in [6, 6.07) is 12.0. The monoisotopic (exact) mass is 309 g/mol. The van der Waals surface area contributed by atoms with Gasteiger partial charge in [-0.25, -0.2) is 4.98 Å². The van der Waals surface area contributed by atoms with E-state index in [0.717, 1.165) is 17.6 Å². The molecule has 2 aliphatic carbocycles. The van der Waals surface area contributed by atoms with Gasteiger partial charge in [0.2, 0.25) is 11.8 Å². The molecule has 4 heteroatoms. The Hall–Kier alpha value is -2.10. The van der Waals surface area contributed by atoms with E-state index < -0.39 is 0 Å². The molecule has 2 fully saturated rings. The van der Waals surface area contributed by atoms with Crippen molar-refractivity contribution in [1.29, 1.82) is 0 Å². The number of nitrogens with one attached hydrogen (secondary N) is 1. The lowest BCUT2D eigenvalue weighted by Gasteiger charge is -2.39. The molecule has 23 heavy (non-hydrogen) atoms. The summed E-state index contributed by atoms with van der Waals surface area (Å²) in [7, 11) is 0. The van der Waals surface area contributed by atoms with Crippen LogP contribution in [0.25, 0.3) is 0 Å². The third-order valence-corrected chi connectivity index (χ3v) is 5.17. The second-order valence-electron chi connectivity index (χ2n) is 6.75. The highest BCUT2D eigenvalue weighted by Gasteiger charge is 2.36. The predicted octanol–water partition coefficient (Wildman–Crippen LogP) is 4.65. The van der Waals surface area contributed by atoms with Gasteiger partial charge in [-0.05, 0) is 36.8 Å². The SMILES string of the molecule is c1ccc(Oc2ccnc(NC3CC(C4CCCC4)C3)n2)cc1. The van der Waals surface area contributed by atoms with Crippen LogP contribution in [-0.4, -0.2) is 16.0 Å². The van der Waals surface area contributed by atoms with Crippen molar-refractivity contribution in [2.75, 3.05) is 5.32 Å². The highest BCUT2D eigenvalue weighted by atomic mass is 16.5. The van der Waals surface area contributed by atoms with E-state index in [0.29, 0.717) is 17.9 Å². The molecule has 2 aliphatic rings. The van der Waals surface area contributed by atoms with Gasteiger partial charge in [-0.15, -0.1) is 0 Å². The van der Waals surface area contributed by atoms with Crippen molar-refractivity contribution in [3.8, 4) is 11.6 Å². The quantitative estimate of drug-likeness (QED) is 0.873. The first-order chi connectivity index (χ1) is 11.4. The van der Waals surface area contributed by atoms with E-state index in [1.165, 1.54) is 38.5 Å². The molecule has 0 unspecified atom stereocenters. The summed E-state index contributed by atoms with van der Waals surface area (Å²) in [6.45, 7) is 0. The fourth-order valence-corrected chi connectivity index (χ4v) is 3.85. The molecule has 0 bridgehead atoms. The number of benzene rings is 1. The summed E-state index contributed by atoms with van der Waals surface area (Å²) >= 11 is 0. The Bertz CT molecular complexity index is 634. The Labute approximate surface area is 137 Å². The van der Waals surface area contributed by atoms with Crippen LogP contribution in [0.4, 0.5) is 5.95 Å². The van der Waals surface area contributed by atoms with Gasteiger partial charge in [0.1, 0.15) is 5.75 Å². The van der Waals surface area contributed by atoms with Crippen molar-refractivity contribution >= 4 is 5.95 Å². The van der Waals surface area contributed by atoms with Crippen molar-refractivity contribution in [1.82, 2.24) is 9.97 Å². The fourth-order valence-electron chi connectivity index (χ4n) is 3.85. The van der Waals surface area contributed by atoms with E-state index >= 15 is 0 Å². The number of ether oxygens (including phenoxy) is 1. The fraction of sp³-hybridized carbons (Fsp3) is 0.474. The van der Waals surface area contributed by atoms with Crippen LogP contribution in [0.15, 0.2) is 42.6 Å². The van der Waals surface area contributed by atoms with Gasteiger partial charge in [-0.3, -0.25) is 0 Å². The summed E-state index contributed by atoms with van der Waals surface area (Å²) in [5.74, 6) is 3.94. The molecule has 1 aromatic carbocycles. The largest absolute Gasteiger partial charge is 0.439 e. The van der Waals surface area contributed by atoms with Gasteiger partial charge < -0.3 is 10.1 Å². The van der Waals surface area contributed by atoms with Crippen LogP contribution in [0.5, 0.6) is 11.6 Å². The minimum atomic E-state index is 0.521. The summed E-state index contributed by atoms with van der Waals surface area (Å²) < 4.78 is 5.76. The van der Waals surface area contributed by atoms with Crippen LogP contribution in [0.3, 0.4) is 0 Å². The zero-order valence-electron chi connectivity index (χ0n) is 13.3. The maximum Gasteiger partial charge on any atom is 0.226 e. The third kappa shape index (κ3) is 3.46. The molecule has 2 aromatic rings. The molecule has 120 valence electrons. The number of nitrogens with zero attached hydrogens (tertiary/aromatic N) is 2. The minimum Gasteiger partial charge on any atom is -0.439 e. The Morgan fingerprint density at radius 2 is 1.74 bits per heavy atom.